The van der Waals surface area contributed by atoms with Crippen LogP contribution < -0.4 is 0 Å². The zero-order valence-corrected chi connectivity index (χ0v) is 13.6. The van der Waals surface area contributed by atoms with Crippen LogP contribution in [-0.2, 0) is 11.2 Å². The Labute approximate surface area is 132 Å². The average molecular weight is 298 g/mol. The number of hydrogen-bond donors (Lipinski definition) is 1. The first kappa shape index (κ1) is 13.4. The molecule has 1 heterocycles. The number of epoxide rings is 1. The summed E-state index contributed by atoms with van der Waals surface area (Å²) in [4.78, 5) is 0. The largest absolute Gasteiger partial charge is 0.508 e. The van der Waals surface area contributed by atoms with E-state index in [-0.39, 0.29) is 5.60 Å². The predicted octanol–water partition coefficient (Wildman–Crippen LogP) is 4.41. The molecule has 3 fully saturated rings. The first-order valence-electron chi connectivity index (χ1n) is 9.05. The second kappa shape index (κ2) is 4.08. The lowest BCUT2D eigenvalue weighted by atomic mass is 9.54. The minimum absolute atomic E-state index is 0.220. The van der Waals surface area contributed by atoms with Crippen LogP contribution in [0, 0.1) is 17.3 Å². The summed E-state index contributed by atoms with van der Waals surface area (Å²) in [6.45, 7) is 4.80. The molecule has 1 spiro atoms. The number of rotatable bonds is 0. The van der Waals surface area contributed by atoms with Crippen LogP contribution in [0.5, 0.6) is 5.75 Å². The number of benzene rings is 1. The van der Waals surface area contributed by atoms with Crippen LogP contribution >= 0.6 is 0 Å². The lowest BCUT2D eigenvalue weighted by Gasteiger charge is -2.50. The molecule has 6 unspecified atom stereocenters. The van der Waals surface area contributed by atoms with Crippen molar-refractivity contribution < 1.29 is 9.84 Å². The topological polar surface area (TPSA) is 32.8 Å². The van der Waals surface area contributed by atoms with Gasteiger partial charge in [-0.1, -0.05) is 13.0 Å². The van der Waals surface area contributed by atoms with E-state index in [9.17, 15) is 5.11 Å². The normalized spacial score (nSPS) is 48.6. The van der Waals surface area contributed by atoms with Crippen molar-refractivity contribution in [2.24, 2.45) is 17.3 Å². The molecule has 4 aliphatic rings. The zero-order valence-electron chi connectivity index (χ0n) is 13.6. The summed E-state index contributed by atoms with van der Waals surface area (Å²) in [5, 5.41) is 9.77. The molecule has 2 nitrogen and oxygen atoms in total. The number of phenols is 1. The number of aryl methyl sites for hydroxylation is 1. The second-order valence-corrected chi connectivity index (χ2v) is 8.44. The van der Waals surface area contributed by atoms with E-state index < -0.39 is 0 Å². The summed E-state index contributed by atoms with van der Waals surface area (Å²) in [5.74, 6) is 2.80. The molecule has 1 aromatic rings. The molecule has 6 atom stereocenters. The van der Waals surface area contributed by atoms with Crippen LogP contribution in [0.1, 0.15) is 63.0 Å². The highest BCUT2D eigenvalue weighted by Crippen LogP contribution is 2.70. The maximum Gasteiger partial charge on any atom is 0.115 e. The molecule has 0 amide bonds. The molecule has 5 rings (SSSR count). The van der Waals surface area contributed by atoms with Gasteiger partial charge in [0, 0.05) is 5.41 Å². The Morgan fingerprint density at radius 2 is 2.00 bits per heavy atom. The van der Waals surface area contributed by atoms with Crippen molar-refractivity contribution in [3.05, 3.63) is 29.3 Å². The summed E-state index contributed by atoms with van der Waals surface area (Å²) < 4.78 is 6.17. The van der Waals surface area contributed by atoms with Crippen molar-refractivity contribution in [3.8, 4) is 5.75 Å². The van der Waals surface area contributed by atoms with Crippen molar-refractivity contribution in [2.75, 3.05) is 0 Å². The maximum atomic E-state index is 9.77. The molecule has 1 saturated heterocycles. The van der Waals surface area contributed by atoms with Crippen molar-refractivity contribution >= 4 is 0 Å². The highest BCUT2D eigenvalue weighted by Gasteiger charge is 2.72. The standard InChI is InChI=1S/C20H26O2/c1-12-20(22-12)10-8-18-17-5-3-13-11-14(21)4-6-15(13)16(17)7-9-19(18,20)2/h4,6,11-12,16-18,21H,3,5,7-10H2,1-2H3. The fourth-order valence-corrected chi connectivity index (χ4v) is 6.74. The van der Waals surface area contributed by atoms with Gasteiger partial charge < -0.3 is 9.84 Å². The van der Waals surface area contributed by atoms with Crippen LogP contribution in [0.4, 0.5) is 0 Å². The van der Waals surface area contributed by atoms with Crippen LogP contribution in [0.15, 0.2) is 18.2 Å². The first-order chi connectivity index (χ1) is 10.6. The Hall–Kier alpha value is -1.02. The van der Waals surface area contributed by atoms with Gasteiger partial charge in [0.1, 0.15) is 11.4 Å². The van der Waals surface area contributed by atoms with E-state index in [2.05, 4.69) is 19.9 Å². The Kier molecular flexibility index (Phi) is 2.49. The number of phenolic OH excluding ortho intramolecular Hbond substituents is 1. The van der Waals surface area contributed by atoms with Crippen LogP contribution in [0.3, 0.4) is 0 Å². The molecule has 22 heavy (non-hydrogen) atoms. The molecular formula is C20H26O2. The fraction of sp³-hybridized carbons (Fsp3) is 0.700. The lowest BCUT2D eigenvalue weighted by Crippen LogP contribution is -2.46. The number of ether oxygens (including phenoxy) is 1. The molecule has 0 radical (unpaired) electrons. The Morgan fingerprint density at radius 3 is 2.77 bits per heavy atom. The van der Waals surface area contributed by atoms with Crippen LogP contribution in [0.25, 0.3) is 0 Å². The first-order valence-corrected chi connectivity index (χ1v) is 9.05. The van der Waals surface area contributed by atoms with E-state index >= 15 is 0 Å². The summed E-state index contributed by atoms with van der Waals surface area (Å²) in [5.41, 5.74) is 3.55. The highest BCUT2D eigenvalue weighted by molar-refractivity contribution is 5.40. The minimum Gasteiger partial charge on any atom is -0.508 e. The van der Waals surface area contributed by atoms with Crippen molar-refractivity contribution in [2.45, 2.75) is 70.0 Å². The van der Waals surface area contributed by atoms with Crippen LogP contribution in [0.2, 0.25) is 0 Å². The summed E-state index contributed by atoms with van der Waals surface area (Å²) >= 11 is 0. The predicted molar refractivity (Wildman–Crippen MR) is 86.0 cm³/mol. The van der Waals surface area contributed by atoms with E-state index in [1.54, 1.807) is 0 Å². The average Bonchev–Trinajstić information content (AvgIpc) is 3.07. The Balaban J connectivity index is 1.52. The fourth-order valence-electron chi connectivity index (χ4n) is 6.74. The molecule has 0 bridgehead atoms. The van der Waals surface area contributed by atoms with Gasteiger partial charge in [-0.2, -0.15) is 0 Å². The molecule has 118 valence electrons. The lowest BCUT2D eigenvalue weighted by molar-refractivity contribution is 0.0120. The molecule has 3 aliphatic carbocycles. The quantitative estimate of drug-likeness (QED) is 0.720. The maximum absolute atomic E-state index is 9.77. The van der Waals surface area contributed by atoms with Crippen molar-refractivity contribution in [1.82, 2.24) is 0 Å². The molecule has 2 saturated carbocycles. The molecule has 1 aromatic carbocycles. The van der Waals surface area contributed by atoms with Gasteiger partial charge in [-0.25, -0.2) is 0 Å². The highest BCUT2D eigenvalue weighted by atomic mass is 16.6. The number of hydrogen-bond acceptors (Lipinski definition) is 2. The van der Waals surface area contributed by atoms with E-state index in [1.807, 2.05) is 12.1 Å². The van der Waals surface area contributed by atoms with Crippen molar-refractivity contribution in [1.29, 1.82) is 0 Å². The van der Waals surface area contributed by atoms with Gasteiger partial charge in [0.2, 0.25) is 0 Å². The third-order valence-electron chi connectivity index (χ3n) is 7.88. The third kappa shape index (κ3) is 1.45. The van der Waals surface area contributed by atoms with E-state index in [0.717, 1.165) is 18.3 Å². The van der Waals surface area contributed by atoms with Gasteiger partial charge in [0.25, 0.3) is 0 Å². The van der Waals surface area contributed by atoms with Gasteiger partial charge in [0.15, 0.2) is 0 Å². The van der Waals surface area contributed by atoms with Crippen molar-refractivity contribution in [3.63, 3.8) is 0 Å². The van der Waals surface area contributed by atoms with Gasteiger partial charge in [0.05, 0.1) is 6.10 Å². The summed E-state index contributed by atoms with van der Waals surface area (Å²) in [6, 6.07) is 6.09. The van der Waals surface area contributed by atoms with Gasteiger partial charge in [-0.3, -0.25) is 0 Å². The Bertz CT molecular complexity index is 639. The van der Waals surface area contributed by atoms with Gasteiger partial charge in [-0.15, -0.1) is 0 Å². The molecule has 1 aliphatic heterocycles. The monoisotopic (exact) mass is 298 g/mol. The summed E-state index contributed by atoms with van der Waals surface area (Å²) in [7, 11) is 0. The number of aromatic hydroxyl groups is 1. The van der Waals surface area contributed by atoms with Gasteiger partial charge >= 0.3 is 0 Å². The zero-order chi connectivity index (χ0) is 15.1. The van der Waals surface area contributed by atoms with Gasteiger partial charge in [-0.05, 0) is 86.5 Å². The summed E-state index contributed by atoms with van der Waals surface area (Å²) in [6.07, 6.45) is 8.16. The van der Waals surface area contributed by atoms with Crippen LogP contribution in [-0.4, -0.2) is 16.8 Å². The third-order valence-corrected chi connectivity index (χ3v) is 7.88. The van der Waals surface area contributed by atoms with E-state index in [1.165, 1.54) is 43.2 Å². The molecule has 2 heteroatoms. The molecular weight excluding hydrogens is 272 g/mol. The SMILES string of the molecule is CC1OC12CCC1C3CCc4cc(O)ccc4C3CCC12C. The molecule has 1 N–H and O–H groups in total. The minimum atomic E-state index is 0.220. The number of fused-ring (bicyclic) bond motifs is 6. The molecule has 0 aromatic heterocycles. The smallest absolute Gasteiger partial charge is 0.115 e. The van der Waals surface area contributed by atoms with E-state index in [0.29, 0.717) is 23.2 Å². The second-order valence-electron chi connectivity index (χ2n) is 8.44. The van der Waals surface area contributed by atoms with E-state index in [4.69, 9.17) is 4.74 Å². The Morgan fingerprint density at radius 1 is 1.18 bits per heavy atom.